The fraction of sp³-hybridized carbons (Fsp3) is 0.414. The van der Waals surface area contributed by atoms with Crippen LogP contribution in [-0.4, -0.2) is 66.7 Å². The predicted molar refractivity (Wildman–Crippen MR) is 158 cm³/mol. The number of ether oxygens (including phenoxy) is 3. The lowest BCUT2D eigenvalue weighted by Crippen LogP contribution is -2.46. The molecule has 2 atom stereocenters. The van der Waals surface area contributed by atoms with Gasteiger partial charge >= 0.3 is 12.0 Å². The molecule has 0 saturated carbocycles. The number of sulfonamides is 1. The summed E-state index contributed by atoms with van der Waals surface area (Å²) in [6, 6.07) is 9.01. The van der Waals surface area contributed by atoms with E-state index in [0.29, 0.717) is 28.9 Å². The van der Waals surface area contributed by atoms with Crippen molar-refractivity contribution in [1.29, 1.82) is 0 Å². The van der Waals surface area contributed by atoms with E-state index in [0.717, 1.165) is 18.9 Å². The molecule has 3 aromatic rings. The number of hydrogen-bond acceptors (Lipinski definition) is 10. The van der Waals surface area contributed by atoms with Gasteiger partial charge in [0, 0.05) is 27.0 Å². The van der Waals surface area contributed by atoms with Crippen molar-refractivity contribution in [2.45, 2.75) is 69.7 Å². The van der Waals surface area contributed by atoms with Crippen molar-refractivity contribution < 1.29 is 41.8 Å². The molecule has 1 aromatic heterocycles. The number of methoxy groups -OCH3 is 2. The minimum Gasteiger partial charge on any atom is -0.495 e. The number of carbonyl (C=O) groups excluding carboxylic acids is 4. The van der Waals surface area contributed by atoms with Gasteiger partial charge in [-0.05, 0) is 43.7 Å². The highest BCUT2D eigenvalue weighted by Crippen LogP contribution is 2.36. The van der Waals surface area contributed by atoms with Gasteiger partial charge in [-0.1, -0.05) is 31.9 Å². The van der Waals surface area contributed by atoms with Gasteiger partial charge in [0.2, 0.25) is 5.91 Å². The molecule has 2 aromatic carbocycles. The van der Waals surface area contributed by atoms with Crippen molar-refractivity contribution in [2.75, 3.05) is 19.5 Å². The molecule has 1 fully saturated rings. The molecule has 1 aliphatic rings. The van der Waals surface area contributed by atoms with E-state index in [1.54, 1.807) is 28.8 Å². The van der Waals surface area contributed by atoms with Crippen molar-refractivity contribution in [3.05, 3.63) is 48.3 Å². The smallest absolute Gasteiger partial charge is 0.420 e. The van der Waals surface area contributed by atoms with Gasteiger partial charge in [-0.3, -0.25) is 14.4 Å². The van der Waals surface area contributed by atoms with Gasteiger partial charge < -0.3 is 24.1 Å². The number of benzene rings is 2. The number of nitrogens with zero attached hydrogens (tertiary/aromatic N) is 3. The Hall–Kier alpha value is -4.50. The molecule has 0 radical (unpaired) electrons. The quantitative estimate of drug-likeness (QED) is 0.266. The fourth-order valence-electron chi connectivity index (χ4n) is 4.85. The molecule has 44 heavy (non-hydrogen) atoms. The number of para-hydroxylation sites is 2. The molecule has 0 aliphatic carbocycles. The van der Waals surface area contributed by atoms with Crippen LogP contribution in [-0.2, 0) is 40.4 Å². The largest absolute Gasteiger partial charge is 0.495 e. The maximum Gasteiger partial charge on any atom is 0.420 e. The first-order valence-electron chi connectivity index (χ1n) is 14.0. The molecule has 4 amide bonds. The molecular weight excluding hydrogens is 594 g/mol. The summed E-state index contributed by atoms with van der Waals surface area (Å²) < 4.78 is 45.5. The van der Waals surface area contributed by atoms with Crippen LogP contribution in [0, 0.1) is 0 Å². The molecule has 14 nitrogen and oxygen atoms in total. The highest BCUT2D eigenvalue weighted by atomic mass is 32.2. The number of anilines is 1. The third-order valence-electron chi connectivity index (χ3n) is 7.22. The summed E-state index contributed by atoms with van der Waals surface area (Å²) in [5.74, 6) is -4.37. The van der Waals surface area contributed by atoms with Gasteiger partial charge in [-0.2, -0.15) is 0 Å². The Balaban J connectivity index is 1.76. The van der Waals surface area contributed by atoms with Crippen molar-refractivity contribution in [3.63, 3.8) is 0 Å². The zero-order valence-corrected chi connectivity index (χ0v) is 25.9. The summed E-state index contributed by atoms with van der Waals surface area (Å²) in [4.78, 5) is 57.8. The molecule has 236 valence electrons. The maximum absolute atomic E-state index is 14.1. The average molecular weight is 630 g/mol. The van der Waals surface area contributed by atoms with Crippen LogP contribution in [0.15, 0.2) is 47.4 Å². The van der Waals surface area contributed by atoms with E-state index in [-0.39, 0.29) is 28.6 Å². The number of imide groups is 1. The van der Waals surface area contributed by atoms with Crippen LogP contribution in [0.3, 0.4) is 0 Å². The summed E-state index contributed by atoms with van der Waals surface area (Å²) in [6.07, 6.45) is 1.07. The molecule has 15 heteroatoms. The van der Waals surface area contributed by atoms with Crippen LogP contribution < -0.4 is 14.8 Å². The Bertz CT molecular complexity index is 1700. The number of nitrogens with one attached hydrogen (secondary N) is 2. The van der Waals surface area contributed by atoms with Crippen LogP contribution >= 0.6 is 0 Å². The second-order valence-electron chi connectivity index (χ2n) is 10.1. The minimum absolute atomic E-state index is 0.0350. The number of fused-ring (bicyclic) bond motifs is 1. The molecule has 4 rings (SSSR count). The molecule has 2 unspecified atom stereocenters. The number of imidazole rings is 1. The van der Waals surface area contributed by atoms with Crippen molar-refractivity contribution in [1.82, 2.24) is 19.2 Å². The zero-order chi connectivity index (χ0) is 32.2. The molecule has 2 heterocycles. The third kappa shape index (κ3) is 6.24. The fourth-order valence-corrected chi connectivity index (χ4v) is 5.89. The average Bonchev–Trinajstić information content (AvgIpc) is 3.47. The Labute approximate surface area is 254 Å². The first kappa shape index (κ1) is 32.4. The molecule has 2 N–H and O–H groups in total. The Morgan fingerprint density at radius 1 is 1.09 bits per heavy atom. The summed E-state index contributed by atoms with van der Waals surface area (Å²) in [5, 5.41) is 2.59. The molecule has 1 saturated heterocycles. The van der Waals surface area contributed by atoms with E-state index in [1.165, 1.54) is 33.3 Å². The summed E-state index contributed by atoms with van der Waals surface area (Å²) in [6.45, 7) is 5.35. The molecular formula is C29H35N5O9S. The number of hydrogen-bond donors (Lipinski definition) is 2. The minimum atomic E-state index is -4.31. The van der Waals surface area contributed by atoms with E-state index in [4.69, 9.17) is 14.2 Å². The lowest BCUT2D eigenvalue weighted by Gasteiger charge is -2.25. The van der Waals surface area contributed by atoms with Gasteiger partial charge in [0.05, 0.1) is 28.7 Å². The number of rotatable bonds is 13. The summed E-state index contributed by atoms with van der Waals surface area (Å²) in [7, 11) is -1.81. The van der Waals surface area contributed by atoms with E-state index in [1.807, 2.05) is 18.6 Å². The Morgan fingerprint density at radius 2 is 1.82 bits per heavy atom. The molecule has 1 aliphatic heterocycles. The lowest BCUT2D eigenvalue weighted by atomic mass is 10.1. The zero-order valence-electron chi connectivity index (χ0n) is 25.1. The number of aryl methyl sites for hydroxylation is 1. The van der Waals surface area contributed by atoms with Crippen LogP contribution in [0.5, 0.6) is 5.75 Å². The van der Waals surface area contributed by atoms with E-state index >= 15 is 0 Å². The Morgan fingerprint density at radius 3 is 2.45 bits per heavy atom. The number of carbonyl (C=O) groups is 4. The first-order valence-corrected chi connectivity index (χ1v) is 15.5. The third-order valence-corrected chi connectivity index (χ3v) is 8.59. The van der Waals surface area contributed by atoms with Crippen molar-refractivity contribution in [3.8, 4) is 5.75 Å². The van der Waals surface area contributed by atoms with Crippen LogP contribution in [0.25, 0.3) is 11.0 Å². The highest BCUT2D eigenvalue weighted by molar-refractivity contribution is 7.90. The van der Waals surface area contributed by atoms with Crippen LogP contribution in [0.4, 0.5) is 10.5 Å². The molecule has 0 bridgehead atoms. The number of cyclic esters (lactones) is 1. The number of aromatic nitrogens is 2. The highest BCUT2D eigenvalue weighted by Gasteiger charge is 2.56. The number of unbranched alkanes of at least 4 members (excludes halogenated alkanes) is 2. The van der Waals surface area contributed by atoms with Crippen molar-refractivity contribution in [2.24, 2.45) is 0 Å². The van der Waals surface area contributed by atoms with Gasteiger partial charge in [-0.15, -0.1) is 0 Å². The van der Waals surface area contributed by atoms with Gasteiger partial charge in [0.25, 0.3) is 21.7 Å². The summed E-state index contributed by atoms with van der Waals surface area (Å²) in [5.41, 5.74) is 1.06. The lowest BCUT2D eigenvalue weighted by molar-refractivity contribution is -0.176. The van der Waals surface area contributed by atoms with Gasteiger partial charge in [0.1, 0.15) is 11.6 Å². The van der Waals surface area contributed by atoms with E-state index in [2.05, 4.69) is 10.3 Å². The normalized spacial score (nSPS) is 17.4. The monoisotopic (exact) mass is 629 g/mol. The van der Waals surface area contributed by atoms with E-state index in [9.17, 15) is 27.6 Å². The van der Waals surface area contributed by atoms with Crippen LogP contribution in [0.2, 0.25) is 0 Å². The number of amides is 4. The first-order chi connectivity index (χ1) is 20.9. The predicted octanol–water partition coefficient (Wildman–Crippen LogP) is 3.47. The Kier molecular flexibility index (Phi) is 9.59. The second-order valence-corrected chi connectivity index (χ2v) is 11.8. The second kappa shape index (κ2) is 13.0. The van der Waals surface area contributed by atoms with Crippen molar-refractivity contribution >= 4 is 50.6 Å². The van der Waals surface area contributed by atoms with Gasteiger partial charge in [0.15, 0.2) is 6.04 Å². The summed E-state index contributed by atoms with van der Waals surface area (Å²) >= 11 is 0. The molecule has 0 spiro atoms. The SMILES string of the molecule is CCCCCC(=O)NS(=O)(=O)c1ccc(OC)c(NC(=O)C(c2nc3ccccc3n2CC)N2C(=O)OC(C)(OC)C2=O)c1. The standard InChI is InChI=1S/C29H35N5O9S/c1-6-8-9-14-23(35)32-44(39,40)18-15-16-22(41-4)20(17-18)31-26(36)24(34-27(37)29(3,42-5)43-28(34)38)25-30-19-12-10-11-13-21(19)33(25)7-2/h10-13,15-17,24H,6-9,14H2,1-5H3,(H,31,36)(H,32,35). The topological polar surface area (TPSA) is 175 Å². The van der Waals surface area contributed by atoms with E-state index < -0.39 is 45.7 Å². The maximum atomic E-state index is 14.1. The van der Waals surface area contributed by atoms with Gasteiger partial charge in [-0.25, -0.2) is 27.8 Å². The van der Waals surface area contributed by atoms with Crippen LogP contribution in [0.1, 0.15) is 58.3 Å².